The highest BCUT2D eigenvalue weighted by Crippen LogP contribution is 2.20. The molecule has 0 saturated heterocycles. The van der Waals surface area contributed by atoms with E-state index in [-0.39, 0.29) is 13.0 Å². The first-order valence-electron chi connectivity index (χ1n) is 4.21. The van der Waals surface area contributed by atoms with Gasteiger partial charge in [-0.1, -0.05) is 0 Å². The van der Waals surface area contributed by atoms with Gasteiger partial charge in [0.1, 0.15) is 11.6 Å². The fourth-order valence-electron chi connectivity index (χ4n) is 1.12. The molecule has 0 aliphatic rings. The summed E-state index contributed by atoms with van der Waals surface area (Å²) < 4.78 is 17.6. The van der Waals surface area contributed by atoms with Crippen LogP contribution in [0.2, 0.25) is 0 Å². The highest BCUT2D eigenvalue weighted by atomic mass is 19.1. The Morgan fingerprint density at radius 1 is 1.57 bits per heavy atom. The minimum atomic E-state index is -0.462. The van der Waals surface area contributed by atoms with E-state index in [2.05, 4.69) is 0 Å². The van der Waals surface area contributed by atoms with E-state index in [0.717, 1.165) is 0 Å². The maximum atomic E-state index is 12.8. The van der Waals surface area contributed by atoms with Crippen LogP contribution in [-0.4, -0.2) is 17.7 Å². The van der Waals surface area contributed by atoms with Gasteiger partial charge in [0.15, 0.2) is 0 Å². The van der Waals surface area contributed by atoms with E-state index in [0.29, 0.717) is 11.3 Å². The molecule has 3 nitrogen and oxygen atoms in total. The van der Waals surface area contributed by atoms with Gasteiger partial charge < -0.3 is 9.84 Å². The maximum absolute atomic E-state index is 12.8. The quantitative estimate of drug-likeness (QED) is 0.588. The van der Waals surface area contributed by atoms with E-state index in [1.54, 1.807) is 0 Å². The van der Waals surface area contributed by atoms with Crippen LogP contribution in [0.1, 0.15) is 12.5 Å². The van der Waals surface area contributed by atoms with Crippen LogP contribution in [0.4, 0.5) is 4.39 Å². The fourth-order valence-corrected chi connectivity index (χ4v) is 1.12. The molecule has 0 atom stereocenters. The Morgan fingerprint density at radius 3 is 2.86 bits per heavy atom. The number of rotatable bonds is 3. The Balaban J connectivity index is 2.95. The first-order valence-corrected chi connectivity index (χ1v) is 4.21. The molecule has 0 fully saturated rings. The zero-order chi connectivity index (χ0) is 10.6. The molecule has 0 radical (unpaired) electrons. The summed E-state index contributed by atoms with van der Waals surface area (Å²) in [5.41, 5.74) is 0.489. The number of aliphatic hydroxyl groups excluding tert-OH is 1. The van der Waals surface area contributed by atoms with Crippen LogP contribution in [0.15, 0.2) is 18.2 Å². The summed E-state index contributed by atoms with van der Waals surface area (Å²) in [6.45, 7) is 1.16. The number of carbonyl (C=O) groups excluding carboxylic acids is 1. The van der Waals surface area contributed by atoms with Crippen molar-refractivity contribution in [3.8, 4) is 5.75 Å². The van der Waals surface area contributed by atoms with Crippen molar-refractivity contribution in [1.29, 1.82) is 0 Å². The number of ether oxygens (including phenoxy) is 1. The van der Waals surface area contributed by atoms with Crippen molar-refractivity contribution in [3.63, 3.8) is 0 Å². The molecular formula is C10H11FO3. The average molecular weight is 198 g/mol. The van der Waals surface area contributed by atoms with Crippen LogP contribution in [-0.2, 0) is 11.2 Å². The molecule has 0 saturated carbocycles. The average Bonchev–Trinajstić information content (AvgIpc) is 2.09. The molecule has 14 heavy (non-hydrogen) atoms. The second-order valence-electron chi connectivity index (χ2n) is 2.82. The van der Waals surface area contributed by atoms with Gasteiger partial charge in [0.25, 0.3) is 0 Å². The van der Waals surface area contributed by atoms with Crippen molar-refractivity contribution in [3.05, 3.63) is 29.6 Å². The molecule has 76 valence electrons. The molecule has 1 aromatic carbocycles. The number of hydrogen-bond donors (Lipinski definition) is 1. The number of esters is 1. The van der Waals surface area contributed by atoms with E-state index in [1.165, 1.54) is 25.1 Å². The summed E-state index contributed by atoms with van der Waals surface area (Å²) in [6.07, 6.45) is 0.264. The van der Waals surface area contributed by atoms with Crippen molar-refractivity contribution in [1.82, 2.24) is 0 Å². The Bertz CT molecular complexity index is 336. The van der Waals surface area contributed by atoms with Gasteiger partial charge in [-0.15, -0.1) is 0 Å². The molecule has 0 unspecified atom stereocenters. The van der Waals surface area contributed by atoms with Crippen LogP contribution in [0.25, 0.3) is 0 Å². The molecule has 0 aromatic heterocycles. The number of aliphatic hydroxyl groups is 1. The van der Waals surface area contributed by atoms with Crippen molar-refractivity contribution in [2.75, 3.05) is 6.61 Å². The predicted molar refractivity (Wildman–Crippen MR) is 48.5 cm³/mol. The largest absolute Gasteiger partial charge is 0.426 e. The Kier molecular flexibility index (Phi) is 3.59. The normalized spacial score (nSPS) is 9.93. The van der Waals surface area contributed by atoms with Crippen molar-refractivity contribution >= 4 is 5.97 Å². The van der Waals surface area contributed by atoms with E-state index in [4.69, 9.17) is 9.84 Å². The summed E-state index contributed by atoms with van der Waals surface area (Å²) in [4.78, 5) is 10.7. The van der Waals surface area contributed by atoms with Crippen LogP contribution in [0.5, 0.6) is 5.75 Å². The van der Waals surface area contributed by atoms with E-state index in [1.807, 2.05) is 0 Å². The van der Waals surface area contributed by atoms with Gasteiger partial charge in [0.05, 0.1) is 0 Å². The SMILES string of the molecule is CC(=O)Oc1ccc(F)cc1CCO. The topological polar surface area (TPSA) is 46.5 Å². The third kappa shape index (κ3) is 2.81. The van der Waals surface area contributed by atoms with E-state index < -0.39 is 11.8 Å². The third-order valence-electron chi connectivity index (χ3n) is 1.66. The molecule has 1 N–H and O–H groups in total. The van der Waals surface area contributed by atoms with Crippen LogP contribution < -0.4 is 4.74 Å². The van der Waals surface area contributed by atoms with Gasteiger partial charge in [-0.3, -0.25) is 4.79 Å². The van der Waals surface area contributed by atoms with Gasteiger partial charge in [0, 0.05) is 19.1 Å². The number of hydrogen-bond acceptors (Lipinski definition) is 3. The minimum absolute atomic E-state index is 0.113. The smallest absolute Gasteiger partial charge is 0.308 e. The lowest BCUT2D eigenvalue weighted by molar-refractivity contribution is -0.131. The summed E-state index contributed by atoms with van der Waals surface area (Å²) in [7, 11) is 0. The zero-order valence-electron chi connectivity index (χ0n) is 7.79. The lowest BCUT2D eigenvalue weighted by atomic mass is 10.1. The van der Waals surface area contributed by atoms with Crippen molar-refractivity contribution in [2.45, 2.75) is 13.3 Å². The fraction of sp³-hybridized carbons (Fsp3) is 0.300. The zero-order valence-corrected chi connectivity index (χ0v) is 7.79. The van der Waals surface area contributed by atoms with Gasteiger partial charge in [-0.2, -0.15) is 0 Å². The monoisotopic (exact) mass is 198 g/mol. The second-order valence-corrected chi connectivity index (χ2v) is 2.82. The molecular weight excluding hydrogens is 187 g/mol. The first-order chi connectivity index (χ1) is 6.63. The Labute approximate surface area is 81.1 Å². The van der Waals surface area contributed by atoms with Crippen LogP contribution in [0, 0.1) is 5.82 Å². The summed E-state index contributed by atoms with van der Waals surface area (Å²) >= 11 is 0. The molecule has 1 aromatic rings. The van der Waals surface area contributed by atoms with Gasteiger partial charge in [0.2, 0.25) is 0 Å². The lowest BCUT2D eigenvalue weighted by Gasteiger charge is -2.07. The highest BCUT2D eigenvalue weighted by molar-refractivity contribution is 5.69. The number of halogens is 1. The molecule has 0 amide bonds. The molecule has 0 heterocycles. The van der Waals surface area contributed by atoms with Crippen molar-refractivity contribution < 1.29 is 19.0 Å². The molecule has 4 heteroatoms. The summed E-state index contributed by atoms with van der Waals surface area (Å²) in [5, 5.41) is 8.71. The third-order valence-corrected chi connectivity index (χ3v) is 1.66. The second kappa shape index (κ2) is 4.72. The van der Waals surface area contributed by atoms with E-state index >= 15 is 0 Å². The Hall–Kier alpha value is -1.42. The maximum Gasteiger partial charge on any atom is 0.308 e. The van der Waals surface area contributed by atoms with Crippen LogP contribution in [0.3, 0.4) is 0 Å². The summed E-state index contributed by atoms with van der Waals surface area (Å²) in [5.74, 6) is -0.576. The number of benzene rings is 1. The molecule has 1 rings (SSSR count). The molecule has 0 bridgehead atoms. The summed E-state index contributed by atoms with van der Waals surface area (Å²) in [6, 6.07) is 3.83. The molecule has 0 aliphatic heterocycles. The molecule has 0 aliphatic carbocycles. The Morgan fingerprint density at radius 2 is 2.29 bits per heavy atom. The van der Waals surface area contributed by atoms with Gasteiger partial charge in [-0.25, -0.2) is 4.39 Å². The minimum Gasteiger partial charge on any atom is -0.426 e. The predicted octanol–water partition coefficient (Wildman–Crippen LogP) is 1.29. The molecule has 0 spiro atoms. The highest BCUT2D eigenvalue weighted by Gasteiger charge is 2.06. The number of carbonyl (C=O) groups is 1. The van der Waals surface area contributed by atoms with Gasteiger partial charge in [-0.05, 0) is 24.6 Å². The van der Waals surface area contributed by atoms with E-state index in [9.17, 15) is 9.18 Å². The van der Waals surface area contributed by atoms with Crippen molar-refractivity contribution in [2.24, 2.45) is 0 Å². The first kappa shape index (κ1) is 10.7. The van der Waals surface area contributed by atoms with Gasteiger partial charge >= 0.3 is 5.97 Å². The lowest BCUT2D eigenvalue weighted by Crippen LogP contribution is -2.05. The standard InChI is InChI=1S/C10H11FO3/c1-7(13)14-10-3-2-9(11)6-8(10)4-5-12/h2-3,6,12H,4-5H2,1H3. The van der Waals surface area contributed by atoms with Crippen LogP contribution >= 0.6 is 0 Å².